The Hall–Kier alpha value is -2.74. The molecule has 0 aliphatic carbocycles. The smallest absolute Gasteiger partial charge is 0.269 e. The molecule has 0 unspecified atom stereocenters. The number of benzene rings is 2. The molecule has 0 heterocycles. The van der Waals surface area contributed by atoms with Crippen LogP contribution < -0.4 is 5.32 Å². The van der Waals surface area contributed by atoms with Gasteiger partial charge in [0.1, 0.15) is 0 Å². The normalized spacial score (nSPS) is 12.4. The molecule has 0 saturated heterocycles. The van der Waals surface area contributed by atoms with Crippen LogP contribution in [-0.4, -0.2) is 25.5 Å². The van der Waals surface area contributed by atoms with Crippen LogP contribution >= 0.6 is 0 Å². The summed E-state index contributed by atoms with van der Waals surface area (Å²) in [4.78, 5) is 22.7. The zero-order valence-electron chi connectivity index (χ0n) is 13.1. The molecule has 0 radical (unpaired) electrons. The lowest BCUT2D eigenvalue weighted by Gasteiger charge is -2.15. The van der Waals surface area contributed by atoms with E-state index in [1.807, 2.05) is 0 Å². The summed E-state index contributed by atoms with van der Waals surface area (Å²) in [5.74, 6) is -0.560. The molecule has 2 aromatic carbocycles. The van der Waals surface area contributed by atoms with Gasteiger partial charge in [0, 0.05) is 18.4 Å². The molecule has 24 heavy (non-hydrogen) atoms. The highest BCUT2D eigenvalue weighted by Gasteiger charge is 2.20. The average Bonchev–Trinajstić information content (AvgIpc) is 2.54. The monoisotopic (exact) mass is 348 g/mol. The maximum atomic E-state index is 12.4. The van der Waals surface area contributed by atoms with E-state index in [0.717, 1.165) is 6.26 Å². The molecule has 0 bridgehead atoms. The fraction of sp³-hybridized carbons (Fsp3) is 0.188. The second-order valence-corrected chi connectivity index (χ2v) is 7.30. The first kappa shape index (κ1) is 17.6. The van der Waals surface area contributed by atoms with Gasteiger partial charge in [0.2, 0.25) is 0 Å². The fourth-order valence-electron chi connectivity index (χ4n) is 2.24. The highest BCUT2D eigenvalue weighted by molar-refractivity contribution is 7.90. The minimum Gasteiger partial charge on any atom is -0.345 e. The quantitative estimate of drug-likeness (QED) is 0.660. The number of carbonyl (C=O) groups excluding carboxylic acids is 1. The number of sulfone groups is 1. The highest BCUT2D eigenvalue weighted by atomic mass is 32.2. The van der Waals surface area contributed by atoms with Gasteiger partial charge in [-0.15, -0.1) is 0 Å². The maximum absolute atomic E-state index is 12.4. The number of nitrogens with one attached hydrogen (secondary N) is 1. The molecular weight excluding hydrogens is 332 g/mol. The van der Waals surface area contributed by atoms with E-state index in [4.69, 9.17) is 0 Å². The van der Waals surface area contributed by atoms with E-state index in [9.17, 15) is 23.3 Å². The van der Waals surface area contributed by atoms with Gasteiger partial charge in [0.25, 0.3) is 11.6 Å². The molecule has 0 aromatic heterocycles. The Balaban J connectivity index is 2.28. The summed E-state index contributed by atoms with van der Waals surface area (Å²) in [6.45, 7) is 1.67. The highest BCUT2D eigenvalue weighted by Crippen LogP contribution is 2.21. The second kappa shape index (κ2) is 6.79. The lowest BCUT2D eigenvalue weighted by atomic mass is 10.1. The van der Waals surface area contributed by atoms with Crippen molar-refractivity contribution in [3.05, 3.63) is 69.8 Å². The molecule has 0 aliphatic heterocycles. The number of carbonyl (C=O) groups is 1. The first-order valence-electron chi connectivity index (χ1n) is 7.04. The van der Waals surface area contributed by atoms with Crippen LogP contribution in [0.5, 0.6) is 0 Å². The number of nitro benzene ring substituents is 1. The third-order valence-electron chi connectivity index (χ3n) is 3.46. The van der Waals surface area contributed by atoms with Crippen molar-refractivity contribution in [2.75, 3.05) is 6.26 Å². The molecule has 0 aliphatic rings. The van der Waals surface area contributed by atoms with E-state index in [1.165, 1.54) is 36.4 Å². The topological polar surface area (TPSA) is 106 Å². The Morgan fingerprint density at radius 2 is 1.83 bits per heavy atom. The Bertz CT molecular complexity index is 893. The van der Waals surface area contributed by atoms with Gasteiger partial charge in [-0.05, 0) is 24.6 Å². The van der Waals surface area contributed by atoms with Crippen LogP contribution in [0.2, 0.25) is 0 Å². The first-order chi connectivity index (χ1) is 11.2. The van der Waals surface area contributed by atoms with Crippen LogP contribution in [0, 0.1) is 10.1 Å². The number of non-ortho nitro benzene ring substituents is 1. The molecule has 8 heteroatoms. The molecule has 1 amide bonds. The van der Waals surface area contributed by atoms with Gasteiger partial charge >= 0.3 is 0 Å². The lowest BCUT2D eigenvalue weighted by molar-refractivity contribution is -0.384. The zero-order chi connectivity index (χ0) is 17.9. The van der Waals surface area contributed by atoms with Crippen molar-refractivity contribution >= 4 is 21.4 Å². The summed E-state index contributed by atoms with van der Waals surface area (Å²) >= 11 is 0. The fourth-order valence-corrected chi connectivity index (χ4v) is 3.13. The molecule has 0 fully saturated rings. The van der Waals surface area contributed by atoms with Gasteiger partial charge in [0.15, 0.2) is 9.84 Å². The molecular formula is C16H16N2O5S. The van der Waals surface area contributed by atoms with Crippen molar-refractivity contribution in [3.63, 3.8) is 0 Å². The minimum absolute atomic E-state index is 0.0391. The van der Waals surface area contributed by atoms with Crippen molar-refractivity contribution in [2.45, 2.75) is 17.9 Å². The largest absolute Gasteiger partial charge is 0.345 e. The van der Waals surface area contributed by atoms with E-state index in [-0.39, 0.29) is 16.1 Å². The van der Waals surface area contributed by atoms with Crippen LogP contribution in [-0.2, 0) is 9.84 Å². The number of nitro groups is 1. The Morgan fingerprint density at radius 1 is 1.17 bits per heavy atom. The molecule has 1 N–H and O–H groups in total. The van der Waals surface area contributed by atoms with E-state index in [1.54, 1.807) is 19.1 Å². The maximum Gasteiger partial charge on any atom is 0.269 e. The molecule has 7 nitrogen and oxygen atoms in total. The summed E-state index contributed by atoms with van der Waals surface area (Å²) in [6, 6.07) is 11.3. The van der Waals surface area contributed by atoms with Crippen LogP contribution in [0.3, 0.4) is 0 Å². The van der Waals surface area contributed by atoms with Gasteiger partial charge in [0.05, 0.1) is 21.4 Å². The molecule has 2 aromatic rings. The summed E-state index contributed by atoms with van der Waals surface area (Å²) in [5, 5.41) is 13.5. The van der Waals surface area contributed by atoms with E-state index < -0.39 is 26.7 Å². The van der Waals surface area contributed by atoms with Gasteiger partial charge in [-0.3, -0.25) is 14.9 Å². The number of rotatable bonds is 5. The van der Waals surface area contributed by atoms with Gasteiger partial charge in [-0.25, -0.2) is 8.42 Å². The van der Waals surface area contributed by atoms with Crippen LogP contribution in [0.1, 0.15) is 28.9 Å². The summed E-state index contributed by atoms with van der Waals surface area (Å²) in [5.41, 5.74) is 0.511. The molecule has 0 saturated carbocycles. The summed E-state index contributed by atoms with van der Waals surface area (Å²) < 4.78 is 23.6. The van der Waals surface area contributed by atoms with Gasteiger partial charge < -0.3 is 5.32 Å². The third-order valence-corrected chi connectivity index (χ3v) is 4.61. The molecule has 2 rings (SSSR count). The van der Waals surface area contributed by atoms with Gasteiger partial charge in [-0.1, -0.05) is 24.3 Å². The van der Waals surface area contributed by atoms with Crippen molar-refractivity contribution in [3.8, 4) is 0 Å². The predicted molar refractivity (Wildman–Crippen MR) is 88.5 cm³/mol. The Kier molecular flexibility index (Phi) is 4.99. The van der Waals surface area contributed by atoms with Crippen molar-refractivity contribution in [1.82, 2.24) is 5.32 Å². The van der Waals surface area contributed by atoms with Gasteiger partial charge in [-0.2, -0.15) is 0 Å². The number of hydrogen-bond donors (Lipinski definition) is 1. The van der Waals surface area contributed by atoms with Crippen LogP contribution in [0.4, 0.5) is 5.69 Å². The predicted octanol–water partition coefficient (Wildman–Crippen LogP) is 2.49. The average molecular weight is 348 g/mol. The number of nitrogens with zero attached hydrogens (tertiary/aromatic N) is 1. The van der Waals surface area contributed by atoms with E-state index >= 15 is 0 Å². The van der Waals surface area contributed by atoms with Crippen LogP contribution in [0.25, 0.3) is 0 Å². The molecule has 1 atom stereocenters. The Morgan fingerprint density at radius 3 is 2.46 bits per heavy atom. The van der Waals surface area contributed by atoms with Crippen molar-refractivity contribution in [1.29, 1.82) is 0 Å². The second-order valence-electron chi connectivity index (χ2n) is 5.32. The molecule has 0 spiro atoms. The van der Waals surface area contributed by atoms with Crippen molar-refractivity contribution < 1.29 is 18.1 Å². The van der Waals surface area contributed by atoms with E-state index in [2.05, 4.69) is 5.32 Å². The lowest BCUT2D eigenvalue weighted by Crippen LogP contribution is -2.28. The zero-order valence-corrected chi connectivity index (χ0v) is 13.9. The molecule has 126 valence electrons. The standard InChI is InChI=1S/C16H16N2O5S/c1-11(12-6-5-7-13(10-12)18(20)21)17-16(19)14-8-3-4-9-15(14)24(2,22)23/h3-11H,1-2H3,(H,17,19)/t11-/m0/s1. The van der Waals surface area contributed by atoms with Crippen LogP contribution in [0.15, 0.2) is 53.4 Å². The number of hydrogen-bond acceptors (Lipinski definition) is 5. The SMILES string of the molecule is C[C@H](NC(=O)c1ccccc1S(C)(=O)=O)c1cccc([N+](=O)[O-])c1. The van der Waals surface area contributed by atoms with E-state index in [0.29, 0.717) is 5.56 Å². The van der Waals surface area contributed by atoms with Crippen molar-refractivity contribution in [2.24, 2.45) is 0 Å². The summed E-state index contributed by atoms with van der Waals surface area (Å²) in [6.07, 6.45) is 1.03. The minimum atomic E-state index is -3.55. The Labute approximate surface area is 139 Å². The number of amides is 1. The summed E-state index contributed by atoms with van der Waals surface area (Å²) in [7, 11) is -3.55. The first-order valence-corrected chi connectivity index (χ1v) is 8.93. The third kappa shape index (κ3) is 3.96.